The van der Waals surface area contributed by atoms with Gasteiger partial charge in [-0.15, -0.1) is 0 Å². The number of nitrogens with two attached hydrogens (primary N) is 2. The van der Waals surface area contributed by atoms with Gasteiger partial charge in [0.15, 0.2) is 0 Å². The van der Waals surface area contributed by atoms with Gasteiger partial charge in [-0.2, -0.15) is 5.10 Å². The van der Waals surface area contributed by atoms with Crippen LogP contribution in [0.2, 0.25) is 0 Å². The van der Waals surface area contributed by atoms with Crippen molar-refractivity contribution in [3.63, 3.8) is 0 Å². The monoisotopic (exact) mass is 397 g/mol. The highest BCUT2D eigenvalue weighted by molar-refractivity contribution is 6.01. The Morgan fingerprint density at radius 3 is 2.97 bits per heavy atom. The largest absolute Gasteiger partial charge is 0.402 e. The van der Waals surface area contributed by atoms with Crippen molar-refractivity contribution in [1.29, 1.82) is 0 Å². The van der Waals surface area contributed by atoms with Gasteiger partial charge in [0.25, 0.3) is 0 Å². The lowest BCUT2D eigenvalue weighted by Crippen LogP contribution is -2.50. The number of aryl methyl sites for hydroxylation is 1. The SMILES string of the molecule is CCCCc1[nH]nc2ccc(/C(N)=N/C(=C\N)N3CCN[C@@H](CC(C)C)C3)cc12. The molecule has 0 unspecified atom stereocenters. The molecule has 6 N–H and O–H groups in total. The maximum Gasteiger partial charge on any atom is 0.146 e. The first-order valence-corrected chi connectivity index (χ1v) is 10.7. The molecule has 1 fully saturated rings. The number of nitrogens with one attached hydrogen (secondary N) is 2. The Hall–Kier alpha value is -2.54. The maximum atomic E-state index is 6.38. The number of amidine groups is 1. The lowest BCUT2D eigenvalue weighted by molar-refractivity contribution is 0.225. The van der Waals surface area contributed by atoms with Crippen LogP contribution in [0.1, 0.15) is 51.3 Å². The van der Waals surface area contributed by atoms with Gasteiger partial charge in [-0.1, -0.05) is 27.2 Å². The smallest absolute Gasteiger partial charge is 0.146 e. The number of hydrogen-bond acceptors (Lipinski definition) is 5. The molecule has 1 aromatic carbocycles. The number of benzene rings is 1. The molecule has 1 aliphatic heterocycles. The Kier molecular flexibility index (Phi) is 7.14. The summed E-state index contributed by atoms with van der Waals surface area (Å²) in [6.07, 6.45) is 5.96. The maximum absolute atomic E-state index is 6.38. The third kappa shape index (κ3) is 5.29. The Bertz CT molecular complexity index is 865. The summed E-state index contributed by atoms with van der Waals surface area (Å²) in [4.78, 5) is 6.91. The fourth-order valence-corrected chi connectivity index (χ4v) is 3.93. The quantitative estimate of drug-likeness (QED) is 0.404. The van der Waals surface area contributed by atoms with Gasteiger partial charge in [0, 0.05) is 48.5 Å². The average molecular weight is 398 g/mol. The van der Waals surface area contributed by atoms with Gasteiger partial charge in [-0.25, -0.2) is 4.99 Å². The number of aromatic amines is 1. The first kappa shape index (κ1) is 21.2. The Morgan fingerprint density at radius 1 is 1.41 bits per heavy atom. The van der Waals surface area contributed by atoms with Crippen molar-refractivity contribution in [2.24, 2.45) is 22.4 Å². The van der Waals surface area contributed by atoms with Crippen molar-refractivity contribution in [2.75, 3.05) is 19.6 Å². The zero-order valence-corrected chi connectivity index (χ0v) is 17.9. The standard InChI is InChI=1S/C22H35N7/c1-4-5-6-19-18-12-16(7-8-20(18)28-27-19)22(24)26-21(13-23)29-10-9-25-17(14-29)11-15(2)3/h7-8,12-13,15,17,25H,4-6,9-11,14,23H2,1-3H3,(H2,24,26)(H,27,28)/b21-13+/t17-/m0/s1. The van der Waals surface area contributed by atoms with Gasteiger partial charge in [0.1, 0.15) is 11.7 Å². The molecule has 1 aromatic heterocycles. The van der Waals surface area contributed by atoms with E-state index in [1.807, 2.05) is 12.1 Å². The molecule has 0 saturated carbocycles. The zero-order chi connectivity index (χ0) is 20.8. The molecule has 0 spiro atoms. The minimum absolute atomic E-state index is 0.443. The van der Waals surface area contributed by atoms with E-state index in [0.29, 0.717) is 17.8 Å². The molecule has 1 aliphatic rings. The fourth-order valence-electron chi connectivity index (χ4n) is 3.93. The van der Waals surface area contributed by atoms with Gasteiger partial charge in [0.2, 0.25) is 0 Å². The van der Waals surface area contributed by atoms with Crippen molar-refractivity contribution >= 4 is 16.7 Å². The van der Waals surface area contributed by atoms with E-state index in [9.17, 15) is 0 Å². The minimum atomic E-state index is 0.443. The topological polar surface area (TPSA) is 108 Å². The van der Waals surface area contributed by atoms with E-state index in [0.717, 1.165) is 73.3 Å². The second-order valence-corrected chi connectivity index (χ2v) is 8.29. The fraction of sp³-hybridized carbons (Fsp3) is 0.545. The molecule has 2 aromatic rings. The highest BCUT2D eigenvalue weighted by Gasteiger charge is 2.22. The van der Waals surface area contributed by atoms with E-state index < -0.39 is 0 Å². The Balaban J connectivity index is 1.79. The van der Waals surface area contributed by atoms with Crippen molar-refractivity contribution < 1.29 is 0 Å². The normalized spacial score (nSPS) is 18.8. The van der Waals surface area contributed by atoms with Crippen LogP contribution in [-0.2, 0) is 6.42 Å². The van der Waals surface area contributed by atoms with Crippen LogP contribution >= 0.6 is 0 Å². The molecule has 7 nitrogen and oxygen atoms in total. The van der Waals surface area contributed by atoms with Gasteiger partial charge in [-0.3, -0.25) is 5.10 Å². The van der Waals surface area contributed by atoms with Crippen LogP contribution in [0.25, 0.3) is 10.9 Å². The van der Waals surface area contributed by atoms with E-state index in [-0.39, 0.29) is 0 Å². The molecule has 29 heavy (non-hydrogen) atoms. The van der Waals surface area contributed by atoms with E-state index in [1.54, 1.807) is 6.20 Å². The van der Waals surface area contributed by atoms with Crippen molar-refractivity contribution in [1.82, 2.24) is 20.4 Å². The van der Waals surface area contributed by atoms with E-state index >= 15 is 0 Å². The summed E-state index contributed by atoms with van der Waals surface area (Å²) in [5.41, 5.74) is 15.3. The molecule has 158 valence electrons. The molecule has 2 heterocycles. The van der Waals surface area contributed by atoms with Gasteiger partial charge < -0.3 is 21.7 Å². The summed E-state index contributed by atoms with van der Waals surface area (Å²) in [6.45, 7) is 9.37. The van der Waals surface area contributed by atoms with E-state index in [1.165, 1.54) is 0 Å². The van der Waals surface area contributed by atoms with Crippen LogP contribution in [0, 0.1) is 5.92 Å². The van der Waals surface area contributed by atoms with E-state index in [4.69, 9.17) is 11.5 Å². The number of aromatic nitrogens is 2. The Labute approximate surface area is 173 Å². The molecule has 1 atom stereocenters. The summed E-state index contributed by atoms with van der Waals surface area (Å²) in [5.74, 6) is 1.86. The van der Waals surface area contributed by atoms with Gasteiger partial charge in [0.05, 0.1) is 5.52 Å². The van der Waals surface area contributed by atoms with Crippen LogP contribution in [-0.4, -0.2) is 46.6 Å². The molecule has 1 saturated heterocycles. The minimum Gasteiger partial charge on any atom is -0.402 e. The number of unbranched alkanes of at least 4 members (excludes halogenated alkanes) is 1. The molecule has 7 heteroatoms. The van der Waals surface area contributed by atoms with Crippen LogP contribution in [0.3, 0.4) is 0 Å². The summed E-state index contributed by atoms with van der Waals surface area (Å²) < 4.78 is 0. The highest BCUT2D eigenvalue weighted by atomic mass is 15.3. The zero-order valence-electron chi connectivity index (χ0n) is 17.9. The Morgan fingerprint density at radius 2 is 2.24 bits per heavy atom. The summed E-state index contributed by atoms with van der Waals surface area (Å²) in [7, 11) is 0. The van der Waals surface area contributed by atoms with Crippen LogP contribution in [0.5, 0.6) is 0 Å². The number of hydrogen-bond donors (Lipinski definition) is 4. The van der Waals surface area contributed by atoms with Crippen molar-refractivity contribution in [3.8, 4) is 0 Å². The van der Waals surface area contributed by atoms with Crippen LogP contribution < -0.4 is 16.8 Å². The average Bonchev–Trinajstić information content (AvgIpc) is 3.12. The lowest BCUT2D eigenvalue weighted by Gasteiger charge is -2.35. The molecule has 3 rings (SSSR count). The number of fused-ring (bicyclic) bond motifs is 1. The summed E-state index contributed by atoms with van der Waals surface area (Å²) in [5, 5.41) is 12.3. The molecule has 0 amide bonds. The van der Waals surface area contributed by atoms with Crippen LogP contribution in [0.4, 0.5) is 0 Å². The van der Waals surface area contributed by atoms with Crippen LogP contribution in [0.15, 0.2) is 35.2 Å². The number of H-pyrrole nitrogens is 1. The number of rotatable bonds is 8. The lowest BCUT2D eigenvalue weighted by atomic mass is 10.0. The number of aliphatic imine (C=N–C) groups is 1. The molecular formula is C22H35N7. The summed E-state index contributed by atoms with van der Waals surface area (Å²) >= 11 is 0. The highest BCUT2D eigenvalue weighted by Crippen LogP contribution is 2.20. The summed E-state index contributed by atoms with van der Waals surface area (Å²) in [6, 6.07) is 6.49. The number of nitrogens with zero attached hydrogens (tertiary/aromatic N) is 3. The second kappa shape index (κ2) is 9.78. The molecular weight excluding hydrogens is 362 g/mol. The first-order chi connectivity index (χ1) is 14.0. The van der Waals surface area contributed by atoms with Gasteiger partial charge >= 0.3 is 0 Å². The van der Waals surface area contributed by atoms with Crippen molar-refractivity contribution in [3.05, 3.63) is 41.5 Å². The predicted molar refractivity (Wildman–Crippen MR) is 121 cm³/mol. The van der Waals surface area contributed by atoms with Gasteiger partial charge in [-0.05, 0) is 43.4 Å². The van der Waals surface area contributed by atoms with Crippen molar-refractivity contribution in [2.45, 2.75) is 52.5 Å². The molecule has 0 bridgehead atoms. The van der Waals surface area contributed by atoms with E-state index in [2.05, 4.69) is 52.2 Å². The molecule has 0 radical (unpaired) electrons. The first-order valence-electron chi connectivity index (χ1n) is 10.7. The second-order valence-electron chi connectivity index (χ2n) is 8.29. The molecule has 0 aliphatic carbocycles. The third-order valence-electron chi connectivity index (χ3n) is 5.43. The third-order valence-corrected chi connectivity index (χ3v) is 5.43. The number of piperazine rings is 1. The predicted octanol–water partition coefficient (Wildman–Crippen LogP) is 2.69.